The van der Waals surface area contributed by atoms with Gasteiger partial charge in [0.25, 0.3) is 16.6 Å². The van der Waals surface area contributed by atoms with Crippen molar-refractivity contribution in [2.75, 3.05) is 50.7 Å². The highest BCUT2D eigenvalue weighted by molar-refractivity contribution is 7.86. The SMILES string of the molecule is N#CC1CC(c2ccnc3[nH]c(-c4ccc(N5CCN(CC(F)F)CC5)cc4)nc23)=CC=C1OC1CCN(S(N)(=O)=O)CC1. The Balaban J connectivity index is 1.16. The minimum absolute atomic E-state index is 0.181. The van der Waals surface area contributed by atoms with E-state index in [0.29, 0.717) is 68.2 Å². The van der Waals surface area contributed by atoms with Crippen LogP contribution in [0.1, 0.15) is 24.8 Å². The van der Waals surface area contributed by atoms with Gasteiger partial charge in [-0.2, -0.15) is 18.0 Å². The Kier molecular flexibility index (Phi) is 8.64. The van der Waals surface area contributed by atoms with Crippen molar-refractivity contribution in [2.24, 2.45) is 11.1 Å². The Bertz CT molecular complexity index is 1700. The van der Waals surface area contributed by atoms with Gasteiger partial charge in [0.15, 0.2) is 5.65 Å². The lowest BCUT2D eigenvalue weighted by Gasteiger charge is -2.35. The van der Waals surface area contributed by atoms with Gasteiger partial charge in [-0.1, -0.05) is 6.08 Å². The highest BCUT2D eigenvalue weighted by atomic mass is 32.2. The Morgan fingerprint density at radius 1 is 1.07 bits per heavy atom. The third kappa shape index (κ3) is 6.61. The molecule has 0 amide bonds. The number of hydrogen-bond donors (Lipinski definition) is 2. The Morgan fingerprint density at radius 3 is 2.45 bits per heavy atom. The minimum atomic E-state index is -3.72. The van der Waals surface area contributed by atoms with Crippen LogP contribution in [0.2, 0.25) is 0 Å². The number of halogens is 2. The molecule has 14 heteroatoms. The van der Waals surface area contributed by atoms with E-state index in [2.05, 4.69) is 20.9 Å². The summed E-state index contributed by atoms with van der Waals surface area (Å²) in [6, 6.07) is 12.3. The number of anilines is 1. The van der Waals surface area contributed by atoms with Gasteiger partial charge in [0.2, 0.25) is 0 Å². The number of nitrogens with one attached hydrogen (secondary N) is 1. The summed E-state index contributed by atoms with van der Waals surface area (Å²) in [5.41, 5.74) is 5.10. The fourth-order valence-electron chi connectivity index (χ4n) is 6.04. The van der Waals surface area contributed by atoms with Crippen LogP contribution in [0.4, 0.5) is 14.5 Å². The molecule has 0 saturated carbocycles. The average Bonchev–Trinajstić information content (AvgIpc) is 3.46. The van der Waals surface area contributed by atoms with Crippen LogP contribution in [-0.4, -0.2) is 90.9 Å². The summed E-state index contributed by atoms with van der Waals surface area (Å²) in [4.78, 5) is 16.7. The molecule has 3 aromatic rings. The lowest BCUT2D eigenvalue weighted by Crippen LogP contribution is -2.47. The third-order valence-electron chi connectivity index (χ3n) is 8.44. The molecule has 1 aliphatic carbocycles. The number of nitrogens with two attached hydrogens (primary N) is 1. The lowest BCUT2D eigenvalue weighted by atomic mass is 9.89. The van der Waals surface area contributed by atoms with E-state index in [-0.39, 0.29) is 25.7 Å². The number of rotatable bonds is 8. The summed E-state index contributed by atoms with van der Waals surface area (Å²) in [7, 11) is -3.72. The van der Waals surface area contributed by atoms with Crippen molar-refractivity contribution in [1.29, 1.82) is 5.26 Å². The van der Waals surface area contributed by atoms with E-state index in [0.717, 1.165) is 22.4 Å². The smallest absolute Gasteiger partial charge is 0.276 e. The maximum absolute atomic E-state index is 12.7. The number of fused-ring (bicyclic) bond motifs is 1. The molecule has 2 saturated heterocycles. The molecule has 2 fully saturated rings. The minimum Gasteiger partial charge on any atom is -0.493 e. The zero-order chi connectivity index (χ0) is 30.8. The first-order chi connectivity index (χ1) is 21.2. The summed E-state index contributed by atoms with van der Waals surface area (Å²) < 4.78 is 56.0. The molecule has 0 bridgehead atoms. The zero-order valence-electron chi connectivity index (χ0n) is 24.1. The van der Waals surface area contributed by atoms with Gasteiger partial charge in [-0.05, 0) is 61.2 Å². The number of aromatic amines is 1. The van der Waals surface area contributed by atoms with Gasteiger partial charge in [0, 0.05) is 62.3 Å². The number of pyridine rings is 1. The second-order valence-corrected chi connectivity index (χ2v) is 12.8. The van der Waals surface area contributed by atoms with E-state index in [1.807, 2.05) is 42.5 Å². The molecule has 1 atom stereocenters. The topological polar surface area (TPSA) is 144 Å². The van der Waals surface area contributed by atoms with E-state index < -0.39 is 22.6 Å². The van der Waals surface area contributed by atoms with Crippen molar-refractivity contribution in [2.45, 2.75) is 31.8 Å². The summed E-state index contributed by atoms with van der Waals surface area (Å²) in [6.07, 6.45) is 4.43. The van der Waals surface area contributed by atoms with Gasteiger partial charge in [-0.25, -0.2) is 23.9 Å². The molecule has 1 aromatic carbocycles. The molecule has 3 N–H and O–H groups in total. The second-order valence-electron chi connectivity index (χ2n) is 11.3. The number of piperidine rings is 1. The molecule has 0 radical (unpaired) electrons. The fourth-order valence-corrected chi connectivity index (χ4v) is 6.75. The summed E-state index contributed by atoms with van der Waals surface area (Å²) in [5, 5.41) is 15.2. The number of allylic oxidation sites excluding steroid dienone is 4. The van der Waals surface area contributed by atoms with Crippen molar-refractivity contribution in [3.8, 4) is 17.5 Å². The quantitative estimate of drug-likeness (QED) is 0.388. The van der Waals surface area contributed by atoms with Crippen molar-refractivity contribution in [3.05, 3.63) is 60.0 Å². The van der Waals surface area contributed by atoms with Crippen LogP contribution in [0.25, 0.3) is 28.1 Å². The number of nitriles is 1. The normalized spacial score (nSPS) is 20.9. The summed E-state index contributed by atoms with van der Waals surface area (Å²) >= 11 is 0. The number of ether oxygens (including phenoxy) is 1. The van der Waals surface area contributed by atoms with Gasteiger partial charge in [-0.15, -0.1) is 0 Å². The van der Waals surface area contributed by atoms with E-state index in [1.54, 1.807) is 11.1 Å². The number of H-pyrrole nitrogens is 1. The van der Waals surface area contributed by atoms with E-state index in [1.165, 1.54) is 4.31 Å². The van der Waals surface area contributed by atoms with Crippen LogP contribution in [0.5, 0.6) is 0 Å². The molecule has 4 heterocycles. The van der Waals surface area contributed by atoms with Crippen LogP contribution >= 0.6 is 0 Å². The zero-order valence-corrected chi connectivity index (χ0v) is 24.9. The Labute approximate surface area is 254 Å². The molecule has 11 nitrogen and oxygen atoms in total. The van der Waals surface area contributed by atoms with Crippen molar-refractivity contribution >= 4 is 32.6 Å². The predicted octanol–water partition coefficient (Wildman–Crippen LogP) is 3.51. The van der Waals surface area contributed by atoms with E-state index in [4.69, 9.17) is 14.9 Å². The molecule has 2 aromatic heterocycles. The Morgan fingerprint density at radius 2 is 1.80 bits per heavy atom. The summed E-state index contributed by atoms with van der Waals surface area (Å²) in [5.74, 6) is 0.762. The highest BCUT2D eigenvalue weighted by Gasteiger charge is 2.30. The largest absolute Gasteiger partial charge is 0.493 e. The van der Waals surface area contributed by atoms with Crippen LogP contribution in [-0.2, 0) is 14.9 Å². The van der Waals surface area contributed by atoms with Crippen molar-refractivity contribution in [1.82, 2.24) is 24.2 Å². The Hall–Kier alpha value is -3.90. The molecule has 2 aliphatic heterocycles. The molecule has 44 heavy (non-hydrogen) atoms. The van der Waals surface area contributed by atoms with Gasteiger partial charge in [-0.3, -0.25) is 4.90 Å². The lowest BCUT2D eigenvalue weighted by molar-refractivity contribution is 0.0596. The highest BCUT2D eigenvalue weighted by Crippen LogP contribution is 2.36. The van der Waals surface area contributed by atoms with Crippen molar-refractivity contribution in [3.63, 3.8) is 0 Å². The molecular formula is C30H34F2N8O3S. The molecule has 3 aliphatic rings. The molecule has 6 rings (SSSR count). The van der Waals surface area contributed by atoms with Crippen LogP contribution in [0, 0.1) is 17.2 Å². The molecular weight excluding hydrogens is 590 g/mol. The summed E-state index contributed by atoms with van der Waals surface area (Å²) in [6.45, 7) is 3.00. The molecule has 0 spiro atoms. The number of imidazole rings is 1. The number of nitrogens with zero attached hydrogens (tertiary/aromatic N) is 6. The van der Waals surface area contributed by atoms with Gasteiger partial charge >= 0.3 is 0 Å². The number of piperazine rings is 1. The maximum atomic E-state index is 12.7. The van der Waals surface area contributed by atoms with Gasteiger partial charge in [0.05, 0.1) is 12.6 Å². The predicted molar refractivity (Wildman–Crippen MR) is 163 cm³/mol. The number of hydrogen-bond acceptors (Lipinski definition) is 8. The van der Waals surface area contributed by atoms with Gasteiger partial charge < -0.3 is 14.6 Å². The van der Waals surface area contributed by atoms with Gasteiger partial charge in [0.1, 0.15) is 29.1 Å². The molecule has 232 valence electrons. The number of benzene rings is 1. The first-order valence-electron chi connectivity index (χ1n) is 14.6. The standard InChI is InChI=1S/C30H34F2N8O3S/c31-27(32)19-38-13-15-39(16-14-38)23-4-1-20(2-5-23)29-36-28-25(7-10-35-30(28)37-29)21-3-6-26(22(17-21)18-33)43-24-8-11-40(12-9-24)44(34,41)42/h1-7,10,22,24,27H,8-9,11-17,19H2,(H2,34,41,42)(H,35,36,37). The fraction of sp³-hybridized carbons (Fsp3) is 0.433. The van der Waals surface area contributed by atoms with E-state index >= 15 is 0 Å². The number of alkyl halides is 2. The average molecular weight is 625 g/mol. The number of aromatic nitrogens is 3. The maximum Gasteiger partial charge on any atom is 0.276 e. The monoisotopic (exact) mass is 624 g/mol. The first kappa shape index (κ1) is 30.1. The van der Waals surface area contributed by atoms with Crippen LogP contribution < -0.4 is 10.0 Å². The van der Waals surface area contributed by atoms with Crippen LogP contribution in [0.3, 0.4) is 0 Å². The van der Waals surface area contributed by atoms with E-state index in [9.17, 15) is 22.5 Å². The van der Waals surface area contributed by atoms with Crippen LogP contribution in [0.15, 0.2) is 54.4 Å². The van der Waals surface area contributed by atoms with Crippen molar-refractivity contribution < 1.29 is 21.9 Å². The first-order valence-corrected chi connectivity index (χ1v) is 16.1. The third-order valence-corrected chi connectivity index (χ3v) is 9.53. The second kappa shape index (κ2) is 12.6. The molecule has 1 unspecified atom stereocenters.